The summed E-state index contributed by atoms with van der Waals surface area (Å²) >= 11 is 0. The average Bonchev–Trinajstić information content (AvgIpc) is 2.73. The van der Waals surface area contributed by atoms with E-state index in [1.807, 2.05) is 0 Å². The zero-order valence-corrected chi connectivity index (χ0v) is 20.0. The summed E-state index contributed by atoms with van der Waals surface area (Å²) < 4.78 is 5.41. The van der Waals surface area contributed by atoms with Crippen LogP contribution in [0.2, 0.25) is 0 Å². The second-order valence-electron chi connectivity index (χ2n) is 8.39. The van der Waals surface area contributed by atoms with Gasteiger partial charge in [0.05, 0.1) is 18.9 Å². The van der Waals surface area contributed by atoms with Gasteiger partial charge >= 0.3 is 11.9 Å². The fraction of sp³-hybridized carbons (Fsp3) is 0.917. The van der Waals surface area contributed by atoms with Crippen molar-refractivity contribution in [2.45, 2.75) is 104 Å². The lowest BCUT2D eigenvalue weighted by Gasteiger charge is -2.25. The third-order valence-corrected chi connectivity index (χ3v) is 5.74. The minimum atomic E-state index is -0.689. The second kappa shape index (κ2) is 19.8. The van der Waals surface area contributed by atoms with Crippen molar-refractivity contribution >= 4 is 11.9 Å². The minimum absolute atomic E-state index is 0.0354. The van der Waals surface area contributed by atoms with E-state index in [1.54, 1.807) is 0 Å². The van der Waals surface area contributed by atoms with Crippen LogP contribution in [0.1, 0.15) is 98.3 Å². The molecule has 0 saturated heterocycles. The van der Waals surface area contributed by atoms with Crippen LogP contribution in [-0.2, 0) is 14.3 Å². The van der Waals surface area contributed by atoms with Crippen LogP contribution in [0.4, 0.5) is 0 Å². The van der Waals surface area contributed by atoms with E-state index in [-0.39, 0.29) is 17.9 Å². The summed E-state index contributed by atoms with van der Waals surface area (Å²) in [5.41, 5.74) is 0. The summed E-state index contributed by atoms with van der Waals surface area (Å²) in [5, 5.41) is 16.3. The first-order chi connectivity index (χ1) is 14.5. The van der Waals surface area contributed by atoms with Crippen LogP contribution in [0.3, 0.4) is 0 Å². The van der Waals surface area contributed by atoms with E-state index in [0.29, 0.717) is 25.5 Å². The highest BCUT2D eigenvalue weighted by Crippen LogP contribution is 2.17. The molecule has 30 heavy (non-hydrogen) atoms. The highest BCUT2D eigenvalue weighted by Gasteiger charge is 2.26. The maximum atomic E-state index is 11.9. The normalized spacial score (nSPS) is 14.3. The molecule has 0 heterocycles. The summed E-state index contributed by atoms with van der Waals surface area (Å²) in [6, 6.07) is 0.0354. The Morgan fingerprint density at radius 3 is 2.17 bits per heavy atom. The first-order valence-corrected chi connectivity index (χ1v) is 12.3. The number of unbranched alkanes of at least 4 members (excludes halogenated alkanes) is 2. The van der Waals surface area contributed by atoms with Crippen LogP contribution >= 0.6 is 0 Å². The average molecular weight is 429 g/mol. The highest BCUT2D eigenvalue weighted by atomic mass is 16.5. The van der Waals surface area contributed by atoms with Gasteiger partial charge in [-0.1, -0.05) is 66.2 Å². The fourth-order valence-electron chi connectivity index (χ4n) is 3.67. The van der Waals surface area contributed by atoms with Gasteiger partial charge in [0, 0.05) is 12.6 Å². The number of rotatable bonds is 21. The number of ether oxygens (including phenoxy) is 1. The van der Waals surface area contributed by atoms with Crippen molar-refractivity contribution in [3.63, 3.8) is 0 Å². The van der Waals surface area contributed by atoms with Crippen molar-refractivity contribution in [2.24, 2.45) is 11.8 Å². The van der Waals surface area contributed by atoms with Crippen LogP contribution < -0.4 is 10.6 Å². The van der Waals surface area contributed by atoms with Gasteiger partial charge in [0.2, 0.25) is 0 Å². The summed E-state index contributed by atoms with van der Waals surface area (Å²) in [6.07, 6.45) is 10.4. The van der Waals surface area contributed by atoms with Crippen molar-refractivity contribution in [1.82, 2.24) is 10.6 Å². The van der Waals surface area contributed by atoms with E-state index >= 15 is 0 Å². The van der Waals surface area contributed by atoms with E-state index in [1.165, 1.54) is 12.8 Å². The number of nitrogens with one attached hydrogen (secondary N) is 2. The Morgan fingerprint density at radius 2 is 1.57 bits per heavy atom. The Balaban J connectivity index is 3.96. The zero-order valence-electron chi connectivity index (χ0n) is 20.0. The Morgan fingerprint density at radius 1 is 0.867 bits per heavy atom. The van der Waals surface area contributed by atoms with Crippen molar-refractivity contribution < 1.29 is 19.4 Å². The van der Waals surface area contributed by atoms with Crippen molar-refractivity contribution in [3.05, 3.63) is 0 Å². The van der Waals surface area contributed by atoms with Crippen LogP contribution in [0.15, 0.2) is 0 Å². The number of esters is 1. The molecule has 0 aliphatic carbocycles. The molecule has 0 aromatic heterocycles. The van der Waals surface area contributed by atoms with Gasteiger partial charge in [0.15, 0.2) is 0 Å². The molecule has 0 rings (SSSR count). The van der Waals surface area contributed by atoms with Crippen molar-refractivity contribution in [1.29, 1.82) is 0 Å². The number of carboxylic acids is 1. The maximum absolute atomic E-state index is 11.9. The van der Waals surface area contributed by atoms with E-state index in [9.17, 15) is 14.7 Å². The molecular weight excluding hydrogens is 380 g/mol. The largest absolute Gasteiger partial charge is 0.481 e. The first kappa shape index (κ1) is 28.9. The molecular formula is C24H48N2O4. The zero-order chi connectivity index (χ0) is 22.6. The smallest absolute Gasteiger partial charge is 0.308 e. The quantitative estimate of drug-likeness (QED) is 0.180. The molecule has 3 unspecified atom stereocenters. The van der Waals surface area contributed by atoms with Gasteiger partial charge in [0.25, 0.3) is 0 Å². The van der Waals surface area contributed by atoms with E-state index in [2.05, 4.69) is 38.3 Å². The molecule has 0 aromatic rings. The third kappa shape index (κ3) is 14.8. The lowest BCUT2D eigenvalue weighted by atomic mass is 9.91. The van der Waals surface area contributed by atoms with Gasteiger partial charge < -0.3 is 20.5 Å². The fourth-order valence-corrected chi connectivity index (χ4v) is 3.67. The van der Waals surface area contributed by atoms with Gasteiger partial charge in [0.1, 0.15) is 0 Å². The summed E-state index contributed by atoms with van der Waals surface area (Å²) in [7, 11) is 0. The van der Waals surface area contributed by atoms with Crippen LogP contribution in [0.5, 0.6) is 0 Å². The van der Waals surface area contributed by atoms with Gasteiger partial charge in [-0.15, -0.1) is 0 Å². The molecule has 178 valence electrons. The molecule has 6 heteroatoms. The molecule has 6 nitrogen and oxygen atoms in total. The summed E-state index contributed by atoms with van der Waals surface area (Å²) in [4.78, 5) is 23.5. The molecule has 0 saturated carbocycles. The number of carboxylic acid groups (broad SMARTS) is 1. The Kier molecular flexibility index (Phi) is 19.0. The molecule has 0 fully saturated rings. The molecule has 0 aliphatic rings. The molecule has 0 bridgehead atoms. The van der Waals surface area contributed by atoms with Crippen molar-refractivity contribution in [3.8, 4) is 0 Å². The lowest BCUT2D eigenvalue weighted by molar-refractivity contribution is -0.145. The molecule has 0 aliphatic heterocycles. The van der Waals surface area contributed by atoms with Gasteiger partial charge in [-0.3, -0.25) is 9.59 Å². The lowest BCUT2D eigenvalue weighted by Crippen LogP contribution is -2.41. The summed E-state index contributed by atoms with van der Waals surface area (Å²) in [5.74, 6) is -0.641. The third-order valence-electron chi connectivity index (χ3n) is 5.74. The number of carbonyl (C=O) groups is 2. The van der Waals surface area contributed by atoms with Crippen LogP contribution in [-0.4, -0.2) is 49.3 Å². The SMILES string of the molecule is CCCCC(CC)COC(=O)CCNCCCNC(CCC)C(CCCC)C(=O)O. The Bertz CT molecular complexity index is 431. The van der Waals surface area contributed by atoms with E-state index in [4.69, 9.17) is 4.74 Å². The standard InChI is InChI=1S/C24H48N2O4/c1-5-9-13-20(8-4)19-30-23(27)15-18-25-16-11-17-26-22(12-7-3)21(24(28)29)14-10-6-2/h20-22,25-26H,5-19H2,1-4H3,(H,28,29). The highest BCUT2D eigenvalue weighted by molar-refractivity contribution is 5.71. The van der Waals surface area contributed by atoms with Gasteiger partial charge in [-0.25, -0.2) is 0 Å². The summed E-state index contributed by atoms with van der Waals surface area (Å²) in [6.45, 7) is 11.3. The number of hydrogen-bond donors (Lipinski definition) is 3. The maximum Gasteiger partial charge on any atom is 0.308 e. The first-order valence-electron chi connectivity index (χ1n) is 12.3. The Hall–Kier alpha value is -1.14. The van der Waals surface area contributed by atoms with E-state index < -0.39 is 5.97 Å². The Labute approximate surface area is 184 Å². The van der Waals surface area contributed by atoms with Crippen LogP contribution in [0.25, 0.3) is 0 Å². The van der Waals surface area contributed by atoms with Gasteiger partial charge in [-0.05, 0) is 44.7 Å². The van der Waals surface area contributed by atoms with E-state index in [0.717, 1.165) is 64.5 Å². The predicted octanol–water partition coefficient (Wildman–Crippen LogP) is 4.77. The number of aliphatic carboxylic acids is 1. The van der Waals surface area contributed by atoms with Gasteiger partial charge in [-0.2, -0.15) is 0 Å². The molecule has 0 spiro atoms. The number of hydrogen-bond acceptors (Lipinski definition) is 5. The molecule has 0 aromatic carbocycles. The molecule has 3 N–H and O–H groups in total. The predicted molar refractivity (Wildman–Crippen MR) is 124 cm³/mol. The van der Waals surface area contributed by atoms with Crippen molar-refractivity contribution in [2.75, 3.05) is 26.2 Å². The molecule has 0 radical (unpaired) electrons. The minimum Gasteiger partial charge on any atom is -0.481 e. The number of carbonyl (C=O) groups excluding carboxylic acids is 1. The second-order valence-corrected chi connectivity index (χ2v) is 8.39. The molecule has 0 amide bonds. The molecule has 3 atom stereocenters. The van der Waals surface area contributed by atoms with Crippen LogP contribution in [0, 0.1) is 11.8 Å². The monoisotopic (exact) mass is 428 g/mol. The topological polar surface area (TPSA) is 87.7 Å².